The van der Waals surface area contributed by atoms with Gasteiger partial charge in [-0.15, -0.1) is 0 Å². The van der Waals surface area contributed by atoms with Crippen molar-refractivity contribution in [1.82, 2.24) is 9.88 Å². The van der Waals surface area contributed by atoms with E-state index in [4.69, 9.17) is 0 Å². The highest BCUT2D eigenvalue weighted by Gasteiger charge is 2.14. The number of nitrogens with zero attached hydrogens (tertiary/aromatic N) is 3. The van der Waals surface area contributed by atoms with Gasteiger partial charge in [0.25, 0.3) is 5.91 Å². The summed E-state index contributed by atoms with van der Waals surface area (Å²) in [5.74, 6) is 0.0836. The molecule has 0 saturated heterocycles. The molecule has 0 fully saturated rings. The highest BCUT2D eigenvalue weighted by Crippen LogP contribution is 2.15. The summed E-state index contributed by atoms with van der Waals surface area (Å²) in [5.41, 5.74) is 2.97. The first-order chi connectivity index (χ1) is 10.6. The van der Waals surface area contributed by atoms with Gasteiger partial charge in [-0.2, -0.15) is 0 Å². The van der Waals surface area contributed by atoms with Crippen LogP contribution in [0.4, 0.5) is 5.69 Å². The molecule has 0 aliphatic carbocycles. The van der Waals surface area contributed by atoms with E-state index in [-0.39, 0.29) is 5.91 Å². The van der Waals surface area contributed by atoms with Crippen molar-refractivity contribution < 1.29 is 4.79 Å². The first-order valence-corrected chi connectivity index (χ1v) is 7.57. The van der Waals surface area contributed by atoms with E-state index in [1.807, 2.05) is 67.2 Å². The van der Waals surface area contributed by atoms with Crippen LogP contribution >= 0.6 is 0 Å². The number of hydrogen-bond acceptors (Lipinski definition) is 3. The Balaban J connectivity index is 2.06. The average molecular weight is 297 g/mol. The van der Waals surface area contributed by atoms with Gasteiger partial charge in [0.15, 0.2) is 0 Å². The molecule has 2 aromatic rings. The predicted molar refractivity (Wildman–Crippen MR) is 90.3 cm³/mol. The molecule has 4 heteroatoms. The molecule has 0 aliphatic heterocycles. The lowest BCUT2D eigenvalue weighted by Gasteiger charge is -2.22. The molecule has 0 spiro atoms. The summed E-state index contributed by atoms with van der Waals surface area (Å²) in [5, 5.41) is 0. The van der Waals surface area contributed by atoms with Crippen molar-refractivity contribution in [2.45, 2.75) is 13.3 Å². The SMILES string of the molecule is CCN(CCc1ccncc1)C(=O)c1cccc(N(C)C)c1. The molecule has 116 valence electrons. The molecular formula is C18H23N3O. The van der Waals surface area contributed by atoms with Crippen LogP contribution in [0.5, 0.6) is 0 Å². The maximum atomic E-state index is 12.7. The number of hydrogen-bond donors (Lipinski definition) is 0. The summed E-state index contributed by atoms with van der Waals surface area (Å²) < 4.78 is 0. The fraction of sp³-hybridized carbons (Fsp3) is 0.333. The zero-order valence-corrected chi connectivity index (χ0v) is 13.5. The van der Waals surface area contributed by atoms with Gasteiger partial charge in [0, 0.05) is 50.8 Å². The third-order valence-corrected chi connectivity index (χ3v) is 3.70. The molecular weight excluding hydrogens is 274 g/mol. The van der Waals surface area contributed by atoms with Gasteiger partial charge in [-0.05, 0) is 49.2 Å². The van der Waals surface area contributed by atoms with Crippen molar-refractivity contribution in [2.75, 3.05) is 32.1 Å². The second-order valence-corrected chi connectivity index (χ2v) is 5.44. The zero-order valence-electron chi connectivity index (χ0n) is 13.5. The molecule has 2 rings (SSSR count). The third-order valence-electron chi connectivity index (χ3n) is 3.70. The van der Waals surface area contributed by atoms with Crippen LogP contribution in [0.15, 0.2) is 48.8 Å². The molecule has 0 aliphatic rings. The van der Waals surface area contributed by atoms with E-state index < -0.39 is 0 Å². The topological polar surface area (TPSA) is 36.4 Å². The van der Waals surface area contributed by atoms with Gasteiger partial charge in [0.2, 0.25) is 0 Å². The second kappa shape index (κ2) is 7.59. The van der Waals surface area contributed by atoms with Gasteiger partial charge in [0.1, 0.15) is 0 Å². The lowest BCUT2D eigenvalue weighted by molar-refractivity contribution is 0.0766. The summed E-state index contributed by atoms with van der Waals surface area (Å²) >= 11 is 0. The van der Waals surface area contributed by atoms with Crippen LogP contribution in [-0.2, 0) is 6.42 Å². The van der Waals surface area contributed by atoms with Crippen molar-refractivity contribution >= 4 is 11.6 Å². The smallest absolute Gasteiger partial charge is 0.253 e. The molecule has 4 nitrogen and oxygen atoms in total. The summed E-state index contributed by atoms with van der Waals surface area (Å²) in [6, 6.07) is 11.7. The van der Waals surface area contributed by atoms with E-state index in [2.05, 4.69) is 4.98 Å². The maximum absolute atomic E-state index is 12.7. The number of amides is 1. The standard InChI is InChI=1S/C18H23N3O/c1-4-21(13-10-15-8-11-19-12-9-15)18(22)16-6-5-7-17(14-16)20(2)3/h5-9,11-12,14H,4,10,13H2,1-3H3. The van der Waals surface area contributed by atoms with E-state index in [1.54, 1.807) is 12.4 Å². The second-order valence-electron chi connectivity index (χ2n) is 5.44. The van der Waals surface area contributed by atoms with Crippen LogP contribution in [0, 0.1) is 0 Å². The van der Waals surface area contributed by atoms with Crippen molar-refractivity contribution in [1.29, 1.82) is 0 Å². The fourth-order valence-electron chi connectivity index (χ4n) is 2.32. The van der Waals surface area contributed by atoms with Crippen LogP contribution in [0.3, 0.4) is 0 Å². The summed E-state index contributed by atoms with van der Waals surface area (Å²) in [6.45, 7) is 3.43. The number of carbonyl (C=O) groups excluding carboxylic acids is 1. The lowest BCUT2D eigenvalue weighted by Crippen LogP contribution is -2.32. The molecule has 0 saturated carbocycles. The highest BCUT2D eigenvalue weighted by atomic mass is 16.2. The quantitative estimate of drug-likeness (QED) is 0.822. The normalized spacial score (nSPS) is 10.3. The van der Waals surface area contributed by atoms with Gasteiger partial charge < -0.3 is 9.80 Å². The molecule has 0 N–H and O–H groups in total. The molecule has 1 amide bonds. The van der Waals surface area contributed by atoms with Crippen LogP contribution in [-0.4, -0.2) is 43.0 Å². The summed E-state index contributed by atoms with van der Waals surface area (Å²) in [6.07, 6.45) is 4.41. The van der Waals surface area contributed by atoms with E-state index >= 15 is 0 Å². The highest BCUT2D eigenvalue weighted by molar-refractivity contribution is 5.95. The Morgan fingerprint density at radius 2 is 1.86 bits per heavy atom. The molecule has 22 heavy (non-hydrogen) atoms. The predicted octanol–water partition coefficient (Wildman–Crippen LogP) is 2.85. The van der Waals surface area contributed by atoms with Crippen molar-refractivity contribution in [3.63, 3.8) is 0 Å². The van der Waals surface area contributed by atoms with E-state index in [9.17, 15) is 4.79 Å². The maximum Gasteiger partial charge on any atom is 0.253 e. The van der Waals surface area contributed by atoms with Gasteiger partial charge >= 0.3 is 0 Å². The summed E-state index contributed by atoms with van der Waals surface area (Å²) in [4.78, 5) is 20.6. The van der Waals surface area contributed by atoms with Crippen LogP contribution < -0.4 is 4.90 Å². The Hall–Kier alpha value is -2.36. The number of aromatic nitrogens is 1. The monoisotopic (exact) mass is 297 g/mol. The molecule has 0 unspecified atom stereocenters. The van der Waals surface area contributed by atoms with Crippen LogP contribution in [0.2, 0.25) is 0 Å². The molecule has 0 atom stereocenters. The number of anilines is 1. The van der Waals surface area contributed by atoms with Crippen molar-refractivity contribution in [3.8, 4) is 0 Å². The third kappa shape index (κ3) is 4.07. The molecule has 0 radical (unpaired) electrons. The first kappa shape index (κ1) is 16.0. The van der Waals surface area contributed by atoms with Gasteiger partial charge in [-0.25, -0.2) is 0 Å². The van der Waals surface area contributed by atoms with Crippen molar-refractivity contribution in [2.24, 2.45) is 0 Å². The Bertz CT molecular complexity index is 611. The van der Waals surface area contributed by atoms with Gasteiger partial charge in [-0.3, -0.25) is 9.78 Å². The van der Waals surface area contributed by atoms with E-state index in [1.165, 1.54) is 5.56 Å². The average Bonchev–Trinajstić information content (AvgIpc) is 2.56. The van der Waals surface area contributed by atoms with Crippen molar-refractivity contribution in [3.05, 3.63) is 59.9 Å². The number of likely N-dealkylation sites (N-methyl/N-ethyl adjacent to an activating group) is 1. The fourth-order valence-corrected chi connectivity index (χ4v) is 2.32. The minimum atomic E-state index is 0.0836. The Morgan fingerprint density at radius 1 is 1.14 bits per heavy atom. The molecule has 1 aromatic heterocycles. The first-order valence-electron chi connectivity index (χ1n) is 7.57. The van der Waals surface area contributed by atoms with E-state index in [0.717, 1.165) is 17.7 Å². The zero-order chi connectivity index (χ0) is 15.9. The Kier molecular flexibility index (Phi) is 5.53. The summed E-state index contributed by atoms with van der Waals surface area (Å²) in [7, 11) is 3.95. The molecule has 1 heterocycles. The number of carbonyl (C=O) groups is 1. The number of benzene rings is 1. The lowest BCUT2D eigenvalue weighted by atomic mass is 10.1. The Labute approximate surface area is 132 Å². The largest absolute Gasteiger partial charge is 0.378 e. The van der Waals surface area contributed by atoms with Gasteiger partial charge in [0.05, 0.1) is 0 Å². The minimum absolute atomic E-state index is 0.0836. The Morgan fingerprint density at radius 3 is 2.50 bits per heavy atom. The number of pyridine rings is 1. The van der Waals surface area contributed by atoms with E-state index in [0.29, 0.717) is 13.1 Å². The molecule has 0 bridgehead atoms. The minimum Gasteiger partial charge on any atom is -0.378 e. The molecule has 1 aromatic carbocycles. The number of rotatable bonds is 6. The van der Waals surface area contributed by atoms with Crippen LogP contribution in [0.25, 0.3) is 0 Å². The van der Waals surface area contributed by atoms with Gasteiger partial charge in [-0.1, -0.05) is 6.07 Å². The van der Waals surface area contributed by atoms with Crippen LogP contribution in [0.1, 0.15) is 22.8 Å².